The first kappa shape index (κ1) is 7.42. The molecule has 12 heavy (non-hydrogen) atoms. The van der Waals surface area contributed by atoms with E-state index in [0.717, 1.165) is 11.2 Å². The Morgan fingerprint density at radius 3 is 3.08 bits per heavy atom. The fourth-order valence-corrected chi connectivity index (χ4v) is 1.33. The predicted octanol–water partition coefficient (Wildman–Crippen LogP) is 1.76. The van der Waals surface area contributed by atoms with Gasteiger partial charge in [-0.1, -0.05) is 6.58 Å². The van der Waals surface area contributed by atoms with Crippen molar-refractivity contribution in [3.8, 4) is 0 Å². The van der Waals surface area contributed by atoms with Crippen molar-refractivity contribution in [1.29, 1.82) is 0 Å². The van der Waals surface area contributed by atoms with Crippen LogP contribution >= 0.6 is 15.9 Å². The Morgan fingerprint density at radius 2 is 2.33 bits per heavy atom. The standard InChI is InChI=1S/C7H5BrN4/c1-2-4-5-6(10-3-9-5)12-7(8)11-4/h2-3H,1H2,(H,9,10,11,12). The Kier molecular flexibility index (Phi) is 1.65. The molecule has 5 heteroatoms. The van der Waals surface area contributed by atoms with Crippen molar-refractivity contribution in [3.05, 3.63) is 23.3 Å². The minimum absolute atomic E-state index is 0.525. The highest BCUT2D eigenvalue weighted by molar-refractivity contribution is 9.10. The lowest BCUT2D eigenvalue weighted by molar-refractivity contribution is 1.13. The molecule has 2 aromatic heterocycles. The van der Waals surface area contributed by atoms with Crippen LogP contribution in [0.1, 0.15) is 5.69 Å². The molecule has 2 rings (SSSR count). The molecule has 0 aliphatic carbocycles. The van der Waals surface area contributed by atoms with Crippen LogP contribution in [0.15, 0.2) is 17.6 Å². The van der Waals surface area contributed by atoms with E-state index >= 15 is 0 Å². The Hall–Kier alpha value is -1.23. The summed E-state index contributed by atoms with van der Waals surface area (Å²) in [4.78, 5) is 15.1. The second-order valence-electron chi connectivity index (χ2n) is 2.18. The summed E-state index contributed by atoms with van der Waals surface area (Å²) in [6.45, 7) is 3.64. The normalized spacial score (nSPS) is 10.4. The molecular formula is C7H5BrN4. The van der Waals surface area contributed by atoms with Gasteiger partial charge in [0, 0.05) is 0 Å². The molecule has 2 heterocycles. The van der Waals surface area contributed by atoms with Crippen LogP contribution in [0.2, 0.25) is 0 Å². The number of nitrogens with zero attached hydrogens (tertiary/aromatic N) is 3. The summed E-state index contributed by atoms with van der Waals surface area (Å²) in [6, 6.07) is 0. The van der Waals surface area contributed by atoms with E-state index in [0.29, 0.717) is 10.4 Å². The molecule has 0 saturated heterocycles. The van der Waals surface area contributed by atoms with E-state index in [2.05, 4.69) is 42.4 Å². The number of imidazole rings is 1. The second kappa shape index (κ2) is 2.67. The van der Waals surface area contributed by atoms with E-state index in [1.54, 1.807) is 12.4 Å². The number of halogens is 1. The molecule has 0 aromatic carbocycles. The van der Waals surface area contributed by atoms with Gasteiger partial charge in [-0.2, -0.15) is 0 Å². The van der Waals surface area contributed by atoms with Crippen molar-refractivity contribution >= 4 is 33.2 Å². The molecule has 0 aliphatic rings. The summed E-state index contributed by atoms with van der Waals surface area (Å²) in [5.74, 6) is 0. The van der Waals surface area contributed by atoms with Crippen LogP contribution in [0.25, 0.3) is 17.2 Å². The Morgan fingerprint density at radius 1 is 1.50 bits per heavy atom. The molecule has 4 nitrogen and oxygen atoms in total. The largest absolute Gasteiger partial charge is 0.341 e. The van der Waals surface area contributed by atoms with Crippen molar-refractivity contribution in [2.24, 2.45) is 0 Å². The third-order valence-electron chi connectivity index (χ3n) is 1.48. The van der Waals surface area contributed by atoms with Gasteiger partial charge in [0.15, 0.2) is 10.4 Å². The maximum atomic E-state index is 4.11. The minimum atomic E-state index is 0.525. The minimum Gasteiger partial charge on any atom is -0.341 e. The van der Waals surface area contributed by atoms with Gasteiger partial charge in [0.1, 0.15) is 5.52 Å². The quantitative estimate of drug-likeness (QED) is 0.752. The molecule has 0 saturated carbocycles. The van der Waals surface area contributed by atoms with Crippen LogP contribution in [-0.4, -0.2) is 19.9 Å². The van der Waals surface area contributed by atoms with Gasteiger partial charge < -0.3 is 4.98 Å². The highest BCUT2D eigenvalue weighted by atomic mass is 79.9. The Labute approximate surface area is 76.9 Å². The molecule has 0 unspecified atom stereocenters. The Balaban J connectivity index is 2.88. The third kappa shape index (κ3) is 1.02. The molecule has 0 atom stereocenters. The smallest absolute Gasteiger partial charge is 0.199 e. The van der Waals surface area contributed by atoms with E-state index in [-0.39, 0.29) is 0 Å². The first-order chi connectivity index (χ1) is 5.81. The van der Waals surface area contributed by atoms with Crippen LogP contribution in [-0.2, 0) is 0 Å². The summed E-state index contributed by atoms with van der Waals surface area (Å²) in [5, 5.41) is 0. The SMILES string of the molecule is C=Cc1nc(Br)nc2nc[nH]c12. The zero-order chi connectivity index (χ0) is 8.55. The molecule has 0 fully saturated rings. The van der Waals surface area contributed by atoms with Crippen molar-refractivity contribution < 1.29 is 0 Å². The topological polar surface area (TPSA) is 54.5 Å². The first-order valence-corrected chi connectivity index (χ1v) is 4.09. The monoisotopic (exact) mass is 224 g/mol. The highest BCUT2D eigenvalue weighted by Gasteiger charge is 2.04. The van der Waals surface area contributed by atoms with Gasteiger partial charge in [-0.15, -0.1) is 0 Å². The van der Waals surface area contributed by atoms with Crippen molar-refractivity contribution in [1.82, 2.24) is 19.9 Å². The lowest BCUT2D eigenvalue weighted by Gasteiger charge is -1.94. The van der Waals surface area contributed by atoms with Crippen LogP contribution in [0, 0.1) is 0 Å². The summed E-state index contributed by atoms with van der Waals surface area (Å²) in [7, 11) is 0. The number of H-pyrrole nitrogens is 1. The molecule has 0 aliphatic heterocycles. The third-order valence-corrected chi connectivity index (χ3v) is 1.83. The fourth-order valence-electron chi connectivity index (χ4n) is 0.976. The van der Waals surface area contributed by atoms with Crippen LogP contribution in [0.5, 0.6) is 0 Å². The van der Waals surface area contributed by atoms with E-state index < -0.39 is 0 Å². The summed E-state index contributed by atoms with van der Waals surface area (Å²) in [6.07, 6.45) is 3.24. The molecule has 0 amide bonds. The van der Waals surface area contributed by atoms with Crippen LogP contribution in [0.3, 0.4) is 0 Å². The predicted molar refractivity (Wildman–Crippen MR) is 49.5 cm³/mol. The number of aromatic amines is 1. The molecule has 0 spiro atoms. The number of hydrogen-bond acceptors (Lipinski definition) is 3. The van der Waals surface area contributed by atoms with Gasteiger partial charge in [-0.3, -0.25) is 0 Å². The number of hydrogen-bond donors (Lipinski definition) is 1. The number of nitrogens with one attached hydrogen (secondary N) is 1. The first-order valence-electron chi connectivity index (χ1n) is 3.30. The van der Waals surface area contributed by atoms with Gasteiger partial charge in [0.25, 0.3) is 0 Å². The zero-order valence-electron chi connectivity index (χ0n) is 6.08. The average Bonchev–Trinajstić information content (AvgIpc) is 2.50. The zero-order valence-corrected chi connectivity index (χ0v) is 7.67. The second-order valence-corrected chi connectivity index (χ2v) is 2.89. The lowest BCUT2D eigenvalue weighted by atomic mass is 10.3. The van der Waals surface area contributed by atoms with Crippen molar-refractivity contribution in [2.75, 3.05) is 0 Å². The van der Waals surface area contributed by atoms with Gasteiger partial charge in [0.2, 0.25) is 0 Å². The summed E-state index contributed by atoms with van der Waals surface area (Å²) < 4.78 is 0.525. The maximum absolute atomic E-state index is 4.11. The maximum Gasteiger partial charge on any atom is 0.199 e. The van der Waals surface area contributed by atoms with Crippen LogP contribution < -0.4 is 0 Å². The van der Waals surface area contributed by atoms with Gasteiger partial charge in [0.05, 0.1) is 12.0 Å². The van der Waals surface area contributed by atoms with E-state index in [1.165, 1.54) is 0 Å². The molecule has 2 aromatic rings. The van der Waals surface area contributed by atoms with Gasteiger partial charge in [-0.05, 0) is 22.0 Å². The average molecular weight is 225 g/mol. The molecule has 0 bridgehead atoms. The fraction of sp³-hybridized carbons (Fsp3) is 0. The van der Waals surface area contributed by atoms with Gasteiger partial charge >= 0.3 is 0 Å². The molecule has 1 N–H and O–H groups in total. The van der Waals surface area contributed by atoms with Crippen LogP contribution in [0.4, 0.5) is 0 Å². The molecule has 60 valence electrons. The molecular weight excluding hydrogens is 220 g/mol. The van der Waals surface area contributed by atoms with Crippen molar-refractivity contribution in [3.63, 3.8) is 0 Å². The number of rotatable bonds is 1. The van der Waals surface area contributed by atoms with E-state index in [4.69, 9.17) is 0 Å². The van der Waals surface area contributed by atoms with E-state index in [1.807, 2.05) is 0 Å². The lowest BCUT2D eigenvalue weighted by Crippen LogP contribution is -1.88. The summed E-state index contributed by atoms with van der Waals surface area (Å²) >= 11 is 3.18. The van der Waals surface area contributed by atoms with Crippen molar-refractivity contribution in [2.45, 2.75) is 0 Å². The van der Waals surface area contributed by atoms with E-state index in [9.17, 15) is 0 Å². The summed E-state index contributed by atoms with van der Waals surface area (Å²) in [5.41, 5.74) is 2.21. The van der Waals surface area contributed by atoms with Gasteiger partial charge in [-0.25, -0.2) is 15.0 Å². The molecule has 0 radical (unpaired) electrons. The number of aromatic nitrogens is 4. The highest BCUT2D eigenvalue weighted by Crippen LogP contribution is 2.14. The Bertz CT molecular complexity index is 434. The number of fused-ring (bicyclic) bond motifs is 1.